The second-order valence-corrected chi connectivity index (χ2v) is 7.18. The Bertz CT molecular complexity index is 289. The molecule has 0 radical (unpaired) electrons. The molecule has 3 aliphatic rings. The van der Waals surface area contributed by atoms with Crippen molar-refractivity contribution in [3.63, 3.8) is 0 Å². The monoisotopic (exact) mass is 237 g/mol. The molecule has 1 N–H and O–H groups in total. The Morgan fingerprint density at radius 3 is 2.53 bits per heavy atom. The molecule has 5 unspecified atom stereocenters. The molecule has 0 amide bonds. The van der Waals surface area contributed by atoms with Gasteiger partial charge in [0.05, 0.1) is 6.10 Å². The van der Waals surface area contributed by atoms with Crippen LogP contribution >= 0.6 is 0 Å². The van der Waals surface area contributed by atoms with E-state index in [4.69, 9.17) is 4.74 Å². The van der Waals surface area contributed by atoms with Crippen molar-refractivity contribution in [3.8, 4) is 0 Å². The first-order valence-corrected chi connectivity index (χ1v) is 7.37. The molecule has 2 heteroatoms. The van der Waals surface area contributed by atoms with E-state index in [9.17, 15) is 0 Å². The quantitative estimate of drug-likeness (QED) is 0.812. The van der Waals surface area contributed by atoms with Crippen molar-refractivity contribution < 1.29 is 4.74 Å². The fraction of sp³-hybridized carbons (Fsp3) is 1.00. The minimum Gasteiger partial charge on any atom is -0.381 e. The number of methoxy groups -OCH3 is 1. The fourth-order valence-corrected chi connectivity index (χ4v) is 4.55. The predicted octanol–water partition coefficient (Wildman–Crippen LogP) is 2.83. The third kappa shape index (κ3) is 1.94. The van der Waals surface area contributed by atoms with Gasteiger partial charge in [-0.2, -0.15) is 0 Å². The molecular weight excluding hydrogens is 210 g/mol. The van der Waals surface area contributed by atoms with Gasteiger partial charge in [0.25, 0.3) is 0 Å². The highest BCUT2D eigenvalue weighted by atomic mass is 16.5. The van der Waals surface area contributed by atoms with E-state index < -0.39 is 0 Å². The van der Waals surface area contributed by atoms with Gasteiger partial charge in [-0.1, -0.05) is 20.3 Å². The van der Waals surface area contributed by atoms with Crippen LogP contribution in [-0.4, -0.2) is 25.8 Å². The van der Waals surface area contributed by atoms with Crippen molar-refractivity contribution >= 4 is 0 Å². The molecule has 0 aromatic carbocycles. The van der Waals surface area contributed by atoms with Crippen LogP contribution in [0.1, 0.15) is 46.0 Å². The van der Waals surface area contributed by atoms with Gasteiger partial charge >= 0.3 is 0 Å². The minimum atomic E-state index is 0.326. The lowest BCUT2D eigenvalue weighted by Gasteiger charge is -2.52. The van der Waals surface area contributed by atoms with Gasteiger partial charge in [-0.3, -0.25) is 0 Å². The molecule has 17 heavy (non-hydrogen) atoms. The predicted molar refractivity (Wildman–Crippen MR) is 69.9 cm³/mol. The lowest BCUT2D eigenvalue weighted by atomic mass is 9.64. The molecule has 0 heterocycles. The molecule has 2 bridgehead atoms. The van der Waals surface area contributed by atoms with Crippen LogP contribution in [0.4, 0.5) is 0 Å². The fourth-order valence-electron chi connectivity index (χ4n) is 4.55. The highest BCUT2D eigenvalue weighted by Gasteiger charge is 2.49. The van der Waals surface area contributed by atoms with Crippen molar-refractivity contribution in [2.45, 2.75) is 58.1 Å². The van der Waals surface area contributed by atoms with Crippen LogP contribution in [0.2, 0.25) is 0 Å². The zero-order chi connectivity index (χ0) is 12.0. The molecule has 3 saturated carbocycles. The molecule has 0 aromatic rings. The van der Waals surface area contributed by atoms with Crippen molar-refractivity contribution in [2.24, 2.45) is 23.2 Å². The maximum atomic E-state index is 5.51. The van der Waals surface area contributed by atoms with Crippen LogP contribution in [0, 0.1) is 23.2 Å². The molecule has 98 valence electrons. The van der Waals surface area contributed by atoms with E-state index in [1.165, 1.54) is 38.6 Å². The summed E-state index contributed by atoms with van der Waals surface area (Å²) >= 11 is 0. The summed E-state index contributed by atoms with van der Waals surface area (Å²) in [6.07, 6.45) is 7.71. The number of rotatable bonds is 4. The van der Waals surface area contributed by atoms with Crippen LogP contribution in [0.25, 0.3) is 0 Å². The Labute approximate surface area is 105 Å². The lowest BCUT2D eigenvalue weighted by molar-refractivity contribution is -0.0984. The summed E-state index contributed by atoms with van der Waals surface area (Å²) in [5, 5.41) is 3.82. The Kier molecular flexibility index (Phi) is 2.99. The van der Waals surface area contributed by atoms with E-state index in [1.54, 1.807) is 0 Å². The van der Waals surface area contributed by atoms with Crippen LogP contribution in [-0.2, 0) is 4.74 Å². The number of ether oxygens (including phenoxy) is 1. The Hall–Kier alpha value is -0.0800. The van der Waals surface area contributed by atoms with Crippen LogP contribution in [0.5, 0.6) is 0 Å². The van der Waals surface area contributed by atoms with Crippen LogP contribution < -0.4 is 5.32 Å². The van der Waals surface area contributed by atoms with Crippen LogP contribution in [0.3, 0.4) is 0 Å². The highest BCUT2D eigenvalue weighted by molar-refractivity contribution is 5.03. The Balaban J connectivity index is 1.47. The number of hydrogen-bond acceptors (Lipinski definition) is 2. The van der Waals surface area contributed by atoms with Gasteiger partial charge in [0.1, 0.15) is 0 Å². The van der Waals surface area contributed by atoms with E-state index in [0.29, 0.717) is 17.6 Å². The van der Waals surface area contributed by atoms with Crippen molar-refractivity contribution in [2.75, 3.05) is 13.7 Å². The first kappa shape index (κ1) is 12.0. The van der Waals surface area contributed by atoms with Crippen LogP contribution in [0.15, 0.2) is 0 Å². The standard InChI is InChI=1S/C15H27NO/c1-15(2)13(8-14(15)17-3)16-9-12-7-10-4-5-11(12)6-10/h10-14,16H,4-9H2,1-3H3. The zero-order valence-corrected chi connectivity index (χ0v) is 11.5. The average Bonchev–Trinajstić information content (AvgIpc) is 2.89. The number of nitrogens with one attached hydrogen (secondary N) is 1. The lowest BCUT2D eigenvalue weighted by Crippen LogP contribution is -2.61. The molecule has 0 saturated heterocycles. The van der Waals surface area contributed by atoms with E-state index in [1.807, 2.05) is 7.11 Å². The highest BCUT2D eigenvalue weighted by Crippen LogP contribution is 2.48. The summed E-state index contributed by atoms with van der Waals surface area (Å²) in [6, 6.07) is 0.673. The van der Waals surface area contributed by atoms with Gasteiger partial charge in [-0.05, 0) is 50.0 Å². The van der Waals surface area contributed by atoms with Gasteiger partial charge in [-0.15, -0.1) is 0 Å². The average molecular weight is 237 g/mol. The first-order valence-electron chi connectivity index (χ1n) is 7.37. The number of fused-ring (bicyclic) bond motifs is 2. The van der Waals surface area contributed by atoms with Gasteiger partial charge in [-0.25, -0.2) is 0 Å². The van der Waals surface area contributed by atoms with Crippen molar-refractivity contribution in [1.29, 1.82) is 0 Å². The number of hydrogen-bond donors (Lipinski definition) is 1. The maximum Gasteiger partial charge on any atom is 0.0652 e. The largest absolute Gasteiger partial charge is 0.381 e. The third-order valence-corrected chi connectivity index (χ3v) is 5.97. The van der Waals surface area contributed by atoms with E-state index >= 15 is 0 Å². The molecule has 5 atom stereocenters. The smallest absolute Gasteiger partial charge is 0.0652 e. The Morgan fingerprint density at radius 1 is 1.18 bits per heavy atom. The Morgan fingerprint density at radius 2 is 2.00 bits per heavy atom. The summed E-state index contributed by atoms with van der Waals surface area (Å²) in [6.45, 7) is 5.93. The second kappa shape index (κ2) is 4.24. The van der Waals surface area contributed by atoms with Gasteiger partial charge in [0.2, 0.25) is 0 Å². The summed E-state index contributed by atoms with van der Waals surface area (Å²) in [5.41, 5.74) is 0.326. The molecule has 2 nitrogen and oxygen atoms in total. The van der Waals surface area contributed by atoms with Gasteiger partial charge < -0.3 is 10.1 Å². The molecular formula is C15H27NO. The second-order valence-electron chi connectivity index (χ2n) is 7.18. The van der Waals surface area contributed by atoms with E-state index in [2.05, 4.69) is 19.2 Å². The SMILES string of the molecule is COC1CC(NCC2CC3CCC2C3)C1(C)C. The van der Waals surface area contributed by atoms with Gasteiger partial charge in [0, 0.05) is 18.6 Å². The molecule has 0 aromatic heterocycles. The van der Waals surface area contributed by atoms with Gasteiger partial charge in [0.15, 0.2) is 0 Å². The summed E-state index contributed by atoms with van der Waals surface area (Å²) in [4.78, 5) is 0. The summed E-state index contributed by atoms with van der Waals surface area (Å²) in [7, 11) is 1.85. The maximum absolute atomic E-state index is 5.51. The normalized spacial score (nSPS) is 47.1. The zero-order valence-electron chi connectivity index (χ0n) is 11.5. The van der Waals surface area contributed by atoms with E-state index in [0.717, 1.165) is 17.8 Å². The van der Waals surface area contributed by atoms with E-state index in [-0.39, 0.29) is 0 Å². The topological polar surface area (TPSA) is 21.3 Å². The van der Waals surface area contributed by atoms with Crippen molar-refractivity contribution in [1.82, 2.24) is 5.32 Å². The minimum absolute atomic E-state index is 0.326. The summed E-state index contributed by atoms with van der Waals surface area (Å²) < 4.78 is 5.51. The third-order valence-electron chi connectivity index (χ3n) is 5.97. The molecule has 0 spiro atoms. The molecule has 0 aliphatic heterocycles. The van der Waals surface area contributed by atoms with Crippen molar-refractivity contribution in [3.05, 3.63) is 0 Å². The molecule has 3 fully saturated rings. The first-order chi connectivity index (χ1) is 8.11. The summed E-state index contributed by atoms with van der Waals surface area (Å²) in [5.74, 6) is 3.10. The molecule has 3 rings (SSSR count). The molecule has 3 aliphatic carbocycles.